The maximum absolute atomic E-state index is 2.55. The predicted octanol–water partition coefficient (Wildman–Crippen LogP) is 5.95. The molecule has 0 aromatic heterocycles. The fraction of sp³-hybridized carbons (Fsp3) is 1.00. The predicted molar refractivity (Wildman–Crippen MR) is 73.7 cm³/mol. The summed E-state index contributed by atoms with van der Waals surface area (Å²) in [6.45, 7) is 7.41. The monoisotopic (exact) mass is 224 g/mol. The van der Waals surface area contributed by atoms with Gasteiger partial charge in [0.1, 0.15) is 0 Å². The van der Waals surface area contributed by atoms with Crippen LogP contribution in [0.1, 0.15) is 91.4 Å². The van der Waals surface area contributed by atoms with E-state index in [2.05, 4.69) is 20.8 Å². The van der Waals surface area contributed by atoms with Crippen molar-refractivity contribution in [3.63, 3.8) is 0 Å². The second kappa shape index (κ2) is 7.35. The Morgan fingerprint density at radius 3 is 2.12 bits per heavy atom. The highest BCUT2D eigenvalue weighted by molar-refractivity contribution is 4.80. The summed E-state index contributed by atoms with van der Waals surface area (Å²) in [5.74, 6) is 0.936. The SMILES string of the molecule is CCCC1(C)CCCCCCCCCC1C. The van der Waals surface area contributed by atoms with E-state index in [1.165, 1.54) is 70.6 Å². The van der Waals surface area contributed by atoms with Crippen LogP contribution in [-0.4, -0.2) is 0 Å². The Labute approximate surface area is 103 Å². The van der Waals surface area contributed by atoms with E-state index < -0.39 is 0 Å². The molecule has 1 rings (SSSR count). The van der Waals surface area contributed by atoms with Gasteiger partial charge in [-0.1, -0.05) is 78.6 Å². The van der Waals surface area contributed by atoms with E-state index in [0.717, 1.165) is 5.92 Å². The molecule has 1 saturated carbocycles. The van der Waals surface area contributed by atoms with Gasteiger partial charge >= 0.3 is 0 Å². The minimum absolute atomic E-state index is 0.638. The van der Waals surface area contributed by atoms with Gasteiger partial charge in [-0.3, -0.25) is 0 Å². The Morgan fingerprint density at radius 1 is 0.938 bits per heavy atom. The molecule has 0 spiro atoms. The largest absolute Gasteiger partial charge is 0.0654 e. The van der Waals surface area contributed by atoms with Gasteiger partial charge < -0.3 is 0 Å². The Hall–Kier alpha value is 0. The van der Waals surface area contributed by atoms with Crippen LogP contribution in [0.2, 0.25) is 0 Å². The molecule has 0 bridgehead atoms. The minimum Gasteiger partial charge on any atom is -0.0654 e. The molecule has 0 heterocycles. The zero-order valence-corrected chi connectivity index (χ0v) is 11.9. The maximum Gasteiger partial charge on any atom is -0.0300 e. The van der Waals surface area contributed by atoms with E-state index in [4.69, 9.17) is 0 Å². The van der Waals surface area contributed by atoms with Crippen molar-refractivity contribution in [2.75, 3.05) is 0 Å². The first-order valence-electron chi connectivity index (χ1n) is 7.69. The molecule has 0 aromatic rings. The molecular weight excluding hydrogens is 192 g/mol. The van der Waals surface area contributed by atoms with Crippen LogP contribution >= 0.6 is 0 Å². The quantitative estimate of drug-likeness (QED) is 0.543. The molecule has 2 unspecified atom stereocenters. The number of hydrogen-bond donors (Lipinski definition) is 0. The van der Waals surface area contributed by atoms with Gasteiger partial charge in [0.05, 0.1) is 0 Å². The van der Waals surface area contributed by atoms with Crippen LogP contribution in [0, 0.1) is 11.3 Å². The molecule has 16 heavy (non-hydrogen) atoms. The summed E-state index contributed by atoms with van der Waals surface area (Å²) < 4.78 is 0. The van der Waals surface area contributed by atoms with Crippen LogP contribution in [0.15, 0.2) is 0 Å². The summed E-state index contributed by atoms with van der Waals surface area (Å²) in [5, 5.41) is 0. The third kappa shape index (κ3) is 4.47. The average molecular weight is 224 g/mol. The third-order valence-corrected chi connectivity index (χ3v) is 4.90. The van der Waals surface area contributed by atoms with E-state index in [9.17, 15) is 0 Å². The lowest BCUT2D eigenvalue weighted by molar-refractivity contribution is 0.149. The van der Waals surface area contributed by atoms with Gasteiger partial charge in [-0.25, -0.2) is 0 Å². The van der Waals surface area contributed by atoms with E-state index >= 15 is 0 Å². The van der Waals surface area contributed by atoms with Gasteiger partial charge in [0.25, 0.3) is 0 Å². The van der Waals surface area contributed by atoms with Crippen molar-refractivity contribution in [2.24, 2.45) is 11.3 Å². The highest BCUT2D eigenvalue weighted by Crippen LogP contribution is 2.40. The van der Waals surface area contributed by atoms with Crippen molar-refractivity contribution in [1.29, 1.82) is 0 Å². The molecule has 1 aliphatic rings. The Bertz CT molecular complexity index is 173. The zero-order valence-electron chi connectivity index (χ0n) is 11.9. The van der Waals surface area contributed by atoms with Crippen molar-refractivity contribution >= 4 is 0 Å². The van der Waals surface area contributed by atoms with Gasteiger partial charge in [-0.2, -0.15) is 0 Å². The third-order valence-electron chi connectivity index (χ3n) is 4.90. The minimum atomic E-state index is 0.638. The highest BCUT2D eigenvalue weighted by Gasteiger charge is 2.29. The van der Waals surface area contributed by atoms with E-state index in [0.29, 0.717) is 5.41 Å². The van der Waals surface area contributed by atoms with Crippen LogP contribution in [0.25, 0.3) is 0 Å². The van der Waals surface area contributed by atoms with Crippen molar-refractivity contribution in [3.05, 3.63) is 0 Å². The molecule has 1 aliphatic carbocycles. The van der Waals surface area contributed by atoms with E-state index in [1.807, 2.05) is 0 Å². The fourth-order valence-electron chi connectivity index (χ4n) is 3.40. The van der Waals surface area contributed by atoms with Crippen LogP contribution in [-0.2, 0) is 0 Å². The average Bonchev–Trinajstić information content (AvgIpc) is 2.29. The zero-order chi connectivity index (χ0) is 11.9. The Kier molecular flexibility index (Phi) is 6.46. The molecule has 0 N–H and O–H groups in total. The molecule has 0 heteroatoms. The molecule has 96 valence electrons. The molecule has 0 nitrogen and oxygen atoms in total. The maximum atomic E-state index is 2.55. The molecule has 0 saturated heterocycles. The second-order valence-corrected chi connectivity index (χ2v) is 6.32. The van der Waals surface area contributed by atoms with Gasteiger partial charge in [0.15, 0.2) is 0 Å². The van der Waals surface area contributed by atoms with Gasteiger partial charge in [-0.15, -0.1) is 0 Å². The normalized spacial score (nSPS) is 34.3. The van der Waals surface area contributed by atoms with Crippen molar-refractivity contribution in [1.82, 2.24) is 0 Å². The van der Waals surface area contributed by atoms with Gasteiger partial charge in [-0.05, 0) is 24.2 Å². The fourth-order valence-corrected chi connectivity index (χ4v) is 3.40. The van der Waals surface area contributed by atoms with Gasteiger partial charge in [0, 0.05) is 0 Å². The first-order chi connectivity index (χ1) is 7.69. The summed E-state index contributed by atoms with van der Waals surface area (Å²) in [5.41, 5.74) is 0.638. The summed E-state index contributed by atoms with van der Waals surface area (Å²) in [6, 6.07) is 0. The summed E-state index contributed by atoms with van der Waals surface area (Å²) in [6.07, 6.45) is 16.1. The highest BCUT2D eigenvalue weighted by atomic mass is 14.3. The molecule has 0 aromatic carbocycles. The lowest BCUT2D eigenvalue weighted by atomic mass is 9.69. The van der Waals surface area contributed by atoms with Crippen molar-refractivity contribution in [3.8, 4) is 0 Å². The standard InChI is InChI=1S/C16H32/c1-4-13-16(3)14-11-9-7-5-6-8-10-12-15(16)2/h15H,4-14H2,1-3H3. The van der Waals surface area contributed by atoms with Crippen LogP contribution in [0.3, 0.4) is 0 Å². The molecular formula is C16H32. The smallest absolute Gasteiger partial charge is 0.0300 e. The Balaban J connectivity index is 2.53. The Morgan fingerprint density at radius 2 is 1.50 bits per heavy atom. The first kappa shape index (κ1) is 14.1. The van der Waals surface area contributed by atoms with E-state index in [-0.39, 0.29) is 0 Å². The lowest BCUT2D eigenvalue weighted by Gasteiger charge is -2.36. The second-order valence-electron chi connectivity index (χ2n) is 6.32. The molecule has 1 fully saturated rings. The molecule has 2 atom stereocenters. The molecule has 0 aliphatic heterocycles. The van der Waals surface area contributed by atoms with Crippen molar-refractivity contribution < 1.29 is 0 Å². The van der Waals surface area contributed by atoms with Crippen LogP contribution < -0.4 is 0 Å². The number of rotatable bonds is 2. The first-order valence-corrected chi connectivity index (χ1v) is 7.69. The summed E-state index contributed by atoms with van der Waals surface area (Å²) >= 11 is 0. The summed E-state index contributed by atoms with van der Waals surface area (Å²) in [7, 11) is 0. The summed E-state index contributed by atoms with van der Waals surface area (Å²) in [4.78, 5) is 0. The van der Waals surface area contributed by atoms with Crippen LogP contribution in [0.4, 0.5) is 0 Å². The molecule has 0 amide bonds. The topological polar surface area (TPSA) is 0 Å². The van der Waals surface area contributed by atoms with E-state index in [1.54, 1.807) is 0 Å². The van der Waals surface area contributed by atoms with Crippen molar-refractivity contribution in [2.45, 2.75) is 91.4 Å². The number of hydrogen-bond acceptors (Lipinski definition) is 0. The lowest BCUT2D eigenvalue weighted by Crippen LogP contribution is -2.25. The van der Waals surface area contributed by atoms with Crippen LogP contribution in [0.5, 0.6) is 0 Å². The van der Waals surface area contributed by atoms with Gasteiger partial charge in [0.2, 0.25) is 0 Å². The molecule has 0 radical (unpaired) electrons.